The second-order valence-electron chi connectivity index (χ2n) is 5.25. The zero-order chi connectivity index (χ0) is 12.5. The molecule has 0 unspecified atom stereocenters. The van der Waals surface area contributed by atoms with Gasteiger partial charge in [0.2, 0.25) is 0 Å². The van der Waals surface area contributed by atoms with E-state index in [1.807, 2.05) is 19.2 Å². The summed E-state index contributed by atoms with van der Waals surface area (Å²) in [5.41, 5.74) is 3.96. The molecule has 1 N–H and O–H groups in total. The molecular weight excluding hydrogens is 222 g/mol. The molecule has 0 radical (unpaired) electrons. The van der Waals surface area contributed by atoms with Gasteiger partial charge in [0.1, 0.15) is 6.07 Å². The zero-order valence-electron chi connectivity index (χ0n) is 10.6. The molecule has 3 nitrogen and oxygen atoms in total. The lowest BCUT2D eigenvalue weighted by Gasteiger charge is -2.25. The van der Waals surface area contributed by atoms with E-state index in [9.17, 15) is 0 Å². The minimum Gasteiger partial charge on any atom is -0.313 e. The van der Waals surface area contributed by atoms with Crippen molar-refractivity contribution in [3.63, 3.8) is 0 Å². The monoisotopic (exact) mass is 239 g/mol. The van der Waals surface area contributed by atoms with E-state index in [-0.39, 0.29) is 0 Å². The Morgan fingerprint density at radius 2 is 2.39 bits per heavy atom. The summed E-state index contributed by atoms with van der Waals surface area (Å²) in [4.78, 5) is 4.33. The highest BCUT2D eigenvalue weighted by molar-refractivity contribution is 5.67. The minimum absolute atomic E-state index is 0.622. The maximum absolute atomic E-state index is 9.07. The van der Waals surface area contributed by atoms with E-state index < -0.39 is 0 Å². The quantitative estimate of drug-likeness (QED) is 0.818. The summed E-state index contributed by atoms with van der Waals surface area (Å²) in [7, 11) is 0. The van der Waals surface area contributed by atoms with Crippen molar-refractivity contribution >= 4 is 5.57 Å². The van der Waals surface area contributed by atoms with Gasteiger partial charge in [-0.25, -0.2) is 0 Å². The van der Waals surface area contributed by atoms with Crippen LogP contribution in [-0.2, 0) is 0 Å². The Kier molecular flexibility index (Phi) is 2.89. The number of nitriles is 1. The number of aromatic nitrogens is 1. The molecule has 0 saturated carbocycles. The van der Waals surface area contributed by atoms with E-state index in [4.69, 9.17) is 5.26 Å². The van der Waals surface area contributed by atoms with E-state index in [1.165, 1.54) is 12.0 Å². The highest BCUT2D eigenvalue weighted by atomic mass is 15.0. The summed E-state index contributed by atoms with van der Waals surface area (Å²) >= 11 is 0. The number of rotatable bonds is 1. The van der Waals surface area contributed by atoms with E-state index in [1.54, 1.807) is 0 Å². The lowest BCUT2D eigenvalue weighted by molar-refractivity contribution is 0.445. The third-order valence-electron chi connectivity index (χ3n) is 4.18. The average Bonchev–Trinajstić information content (AvgIpc) is 2.86. The Hall–Kier alpha value is -1.66. The summed E-state index contributed by atoms with van der Waals surface area (Å²) in [5, 5.41) is 12.6. The molecule has 1 aromatic rings. The van der Waals surface area contributed by atoms with Crippen LogP contribution >= 0.6 is 0 Å². The molecule has 1 aliphatic carbocycles. The smallest absolute Gasteiger partial charge is 0.101 e. The average molecular weight is 239 g/mol. The van der Waals surface area contributed by atoms with Gasteiger partial charge in [-0.1, -0.05) is 6.08 Å². The molecule has 0 aromatic carbocycles. The lowest BCUT2D eigenvalue weighted by Crippen LogP contribution is -2.29. The zero-order valence-corrected chi connectivity index (χ0v) is 10.6. The topological polar surface area (TPSA) is 48.7 Å². The van der Waals surface area contributed by atoms with Gasteiger partial charge in [0.15, 0.2) is 0 Å². The number of allylic oxidation sites excluding steroid dienone is 1. The molecule has 2 heterocycles. The number of pyridine rings is 1. The molecule has 1 aliphatic heterocycles. The predicted octanol–water partition coefficient (Wildman–Crippen LogP) is 2.42. The fourth-order valence-electron chi connectivity index (χ4n) is 3.01. The second kappa shape index (κ2) is 4.55. The van der Waals surface area contributed by atoms with Crippen molar-refractivity contribution in [3.05, 3.63) is 35.2 Å². The van der Waals surface area contributed by atoms with Crippen molar-refractivity contribution in [2.75, 3.05) is 6.54 Å². The van der Waals surface area contributed by atoms with Crippen molar-refractivity contribution in [1.29, 1.82) is 5.26 Å². The summed E-state index contributed by atoms with van der Waals surface area (Å²) in [5.74, 6) is 0.808. The molecule has 1 fully saturated rings. The number of fused-ring (bicyclic) bond motifs is 1. The van der Waals surface area contributed by atoms with Crippen molar-refractivity contribution < 1.29 is 0 Å². The van der Waals surface area contributed by atoms with Gasteiger partial charge < -0.3 is 5.32 Å². The fraction of sp³-hybridized carbons (Fsp3) is 0.467. The van der Waals surface area contributed by atoms with Crippen molar-refractivity contribution in [1.82, 2.24) is 10.3 Å². The lowest BCUT2D eigenvalue weighted by atomic mass is 9.83. The highest BCUT2D eigenvalue weighted by Gasteiger charge is 2.30. The van der Waals surface area contributed by atoms with Gasteiger partial charge in [-0.15, -0.1) is 0 Å². The van der Waals surface area contributed by atoms with Crippen LogP contribution in [0.25, 0.3) is 5.57 Å². The SMILES string of the molecule is Cc1ncc(C2=CC[C@@H]3CCN[C@@H]3C2)cc1C#N. The molecule has 3 rings (SSSR count). The summed E-state index contributed by atoms with van der Waals surface area (Å²) in [6.45, 7) is 3.03. The van der Waals surface area contributed by atoms with Gasteiger partial charge in [-0.05, 0) is 55.9 Å². The Morgan fingerprint density at radius 3 is 3.22 bits per heavy atom. The molecule has 0 spiro atoms. The molecule has 1 aromatic heterocycles. The fourth-order valence-corrected chi connectivity index (χ4v) is 3.01. The van der Waals surface area contributed by atoms with E-state index in [0.29, 0.717) is 11.6 Å². The minimum atomic E-state index is 0.622. The third-order valence-corrected chi connectivity index (χ3v) is 4.18. The first-order valence-electron chi connectivity index (χ1n) is 6.57. The summed E-state index contributed by atoms with van der Waals surface area (Å²) in [6.07, 6.45) is 7.76. The van der Waals surface area contributed by atoms with Crippen molar-refractivity contribution in [3.8, 4) is 6.07 Å². The second-order valence-corrected chi connectivity index (χ2v) is 5.25. The number of hydrogen-bond donors (Lipinski definition) is 1. The molecule has 0 amide bonds. The first-order valence-corrected chi connectivity index (χ1v) is 6.57. The molecule has 92 valence electrons. The van der Waals surface area contributed by atoms with Crippen LogP contribution in [0.3, 0.4) is 0 Å². The Labute approximate surface area is 108 Å². The van der Waals surface area contributed by atoms with E-state index >= 15 is 0 Å². The maximum atomic E-state index is 9.07. The summed E-state index contributed by atoms with van der Waals surface area (Å²) < 4.78 is 0. The third kappa shape index (κ3) is 1.93. The van der Waals surface area contributed by atoms with Crippen LogP contribution in [-0.4, -0.2) is 17.6 Å². The highest BCUT2D eigenvalue weighted by Crippen LogP contribution is 2.34. The number of nitrogens with one attached hydrogen (secondary N) is 1. The van der Waals surface area contributed by atoms with Gasteiger partial charge >= 0.3 is 0 Å². The molecule has 1 saturated heterocycles. The van der Waals surface area contributed by atoms with Crippen LogP contribution in [0.15, 0.2) is 18.3 Å². The van der Waals surface area contributed by atoms with Gasteiger partial charge in [0.25, 0.3) is 0 Å². The van der Waals surface area contributed by atoms with Crippen LogP contribution in [0.1, 0.15) is 36.1 Å². The van der Waals surface area contributed by atoms with Crippen LogP contribution in [0.4, 0.5) is 0 Å². The molecule has 18 heavy (non-hydrogen) atoms. The van der Waals surface area contributed by atoms with E-state index in [2.05, 4.69) is 22.4 Å². The number of hydrogen-bond acceptors (Lipinski definition) is 3. The first kappa shape index (κ1) is 11.4. The van der Waals surface area contributed by atoms with E-state index in [0.717, 1.165) is 36.6 Å². The van der Waals surface area contributed by atoms with Crippen LogP contribution in [0.5, 0.6) is 0 Å². The molecule has 2 atom stereocenters. The largest absolute Gasteiger partial charge is 0.313 e. The predicted molar refractivity (Wildman–Crippen MR) is 70.8 cm³/mol. The Bertz CT molecular complexity index is 539. The molecule has 2 aliphatic rings. The van der Waals surface area contributed by atoms with Gasteiger partial charge in [-0.3, -0.25) is 4.98 Å². The Balaban J connectivity index is 1.89. The van der Waals surface area contributed by atoms with Gasteiger partial charge in [-0.2, -0.15) is 5.26 Å². The normalized spacial score (nSPS) is 26.3. The van der Waals surface area contributed by atoms with Gasteiger partial charge in [0.05, 0.1) is 11.3 Å². The molecule has 0 bridgehead atoms. The standard InChI is InChI=1S/C15H17N3/c1-10-13(8-16)6-14(9-18-10)12-3-2-11-4-5-17-15(11)7-12/h3,6,9,11,15,17H,2,4-5,7H2,1H3/t11-,15-/m1/s1. The molecule has 3 heteroatoms. The van der Waals surface area contributed by atoms with Crippen LogP contribution < -0.4 is 5.32 Å². The maximum Gasteiger partial charge on any atom is 0.101 e. The van der Waals surface area contributed by atoms with Crippen LogP contribution in [0.2, 0.25) is 0 Å². The number of aryl methyl sites for hydroxylation is 1. The summed E-state index contributed by atoms with van der Waals surface area (Å²) in [6, 6.07) is 4.81. The van der Waals surface area contributed by atoms with Crippen molar-refractivity contribution in [2.24, 2.45) is 5.92 Å². The van der Waals surface area contributed by atoms with Crippen LogP contribution in [0, 0.1) is 24.2 Å². The van der Waals surface area contributed by atoms with Gasteiger partial charge in [0, 0.05) is 12.2 Å². The first-order chi connectivity index (χ1) is 8.78. The Morgan fingerprint density at radius 1 is 1.50 bits per heavy atom. The molecular formula is C15H17N3. The number of nitrogens with zero attached hydrogens (tertiary/aromatic N) is 2. The van der Waals surface area contributed by atoms with Crippen molar-refractivity contribution in [2.45, 2.75) is 32.2 Å².